The Morgan fingerprint density at radius 1 is 1.24 bits per heavy atom. The average Bonchev–Trinajstić information content (AvgIpc) is 2.79. The summed E-state index contributed by atoms with van der Waals surface area (Å²) in [6.45, 7) is 0. The van der Waals surface area contributed by atoms with E-state index in [1.54, 1.807) is 6.07 Å². The van der Waals surface area contributed by atoms with Crippen molar-refractivity contribution in [2.75, 3.05) is 12.8 Å². The van der Waals surface area contributed by atoms with E-state index in [0.717, 1.165) is 11.3 Å². The number of carbonyl (C=O) groups excluding carboxylic acids is 1. The second-order valence-electron chi connectivity index (χ2n) is 3.96. The summed E-state index contributed by atoms with van der Waals surface area (Å²) in [6, 6.07) is 6.85. The smallest absolute Gasteiger partial charge is 0.465 e. The molecule has 1 heterocycles. The Morgan fingerprint density at radius 2 is 1.86 bits per heavy atom. The fraction of sp³-hybridized carbons (Fsp3) is 0.154. The summed E-state index contributed by atoms with van der Waals surface area (Å²) < 4.78 is 44.6. The van der Waals surface area contributed by atoms with Crippen molar-refractivity contribution in [2.24, 2.45) is 0 Å². The molecule has 0 amide bonds. The third-order valence-corrected chi connectivity index (χ3v) is 3.68. The zero-order valence-electron chi connectivity index (χ0n) is 10.7. The van der Waals surface area contributed by atoms with E-state index in [2.05, 4.69) is 9.47 Å². The minimum atomic E-state index is -4.73. The molecule has 0 unspecified atom stereocenters. The van der Waals surface area contributed by atoms with Crippen LogP contribution < -0.4 is 10.5 Å². The first-order valence-corrected chi connectivity index (χ1v) is 6.45. The van der Waals surface area contributed by atoms with Gasteiger partial charge in [0, 0.05) is 4.88 Å². The SMILES string of the molecule is COC(=O)c1sc(-c2ccc(OC(F)(F)F)cc2)cc1N. The third kappa shape index (κ3) is 3.66. The van der Waals surface area contributed by atoms with E-state index in [9.17, 15) is 18.0 Å². The number of hydrogen-bond donors (Lipinski definition) is 1. The van der Waals surface area contributed by atoms with E-state index >= 15 is 0 Å². The lowest BCUT2D eigenvalue weighted by Gasteiger charge is -2.08. The van der Waals surface area contributed by atoms with Gasteiger partial charge in [-0.15, -0.1) is 24.5 Å². The molecule has 2 aromatic rings. The Labute approximate surface area is 121 Å². The summed E-state index contributed by atoms with van der Waals surface area (Å²) >= 11 is 1.10. The molecule has 21 heavy (non-hydrogen) atoms. The number of ether oxygens (including phenoxy) is 2. The van der Waals surface area contributed by atoms with Gasteiger partial charge in [0.25, 0.3) is 0 Å². The average molecular weight is 317 g/mol. The predicted octanol–water partition coefficient (Wildman–Crippen LogP) is 3.68. The molecule has 112 valence electrons. The summed E-state index contributed by atoms with van der Waals surface area (Å²) in [7, 11) is 1.24. The molecular weight excluding hydrogens is 307 g/mol. The van der Waals surface area contributed by atoms with Crippen LogP contribution in [0.1, 0.15) is 9.67 Å². The molecule has 0 aliphatic heterocycles. The van der Waals surface area contributed by atoms with Gasteiger partial charge in [0.1, 0.15) is 10.6 Å². The fourth-order valence-electron chi connectivity index (χ4n) is 1.62. The fourth-order valence-corrected chi connectivity index (χ4v) is 2.62. The molecule has 0 radical (unpaired) electrons. The maximum absolute atomic E-state index is 12.1. The van der Waals surface area contributed by atoms with Crippen molar-refractivity contribution in [2.45, 2.75) is 6.36 Å². The zero-order chi connectivity index (χ0) is 15.6. The maximum atomic E-state index is 12.1. The van der Waals surface area contributed by atoms with Gasteiger partial charge in [-0.2, -0.15) is 0 Å². The molecule has 0 saturated heterocycles. The van der Waals surface area contributed by atoms with Crippen molar-refractivity contribution in [3.05, 3.63) is 35.2 Å². The van der Waals surface area contributed by atoms with Crippen LogP contribution in [0.25, 0.3) is 10.4 Å². The summed E-state index contributed by atoms with van der Waals surface area (Å²) in [5.74, 6) is -0.871. The zero-order valence-corrected chi connectivity index (χ0v) is 11.5. The number of thiophene rings is 1. The van der Waals surface area contributed by atoms with Crippen LogP contribution >= 0.6 is 11.3 Å². The number of nitrogen functional groups attached to an aromatic ring is 1. The Balaban J connectivity index is 2.25. The number of rotatable bonds is 3. The van der Waals surface area contributed by atoms with E-state index in [1.165, 1.54) is 31.4 Å². The van der Waals surface area contributed by atoms with Gasteiger partial charge in [-0.05, 0) is 35.9 Å². The van der Waals surface area contributed by atoms with E-state index in [4.69, 9.17) is 5.73 Å². The van der Waals surface area contributed by atoms with E-state index in [0.29, 0.717) is 10.4 Å². The standard InChI is InChI=1S/C13H10F3NO3S/c1-19-12(18)11-9(17)6-10(21-11)7-2-4-8(5-3-7)20-13(14,15)16/h2-6H,17H2,1H3. The number of anilines is 1. The van der Waals surface area contributed by atoms with Crippen molar-refractivity contribution in [1.29, 1.82) is 0 Å². The highest BCUT2D eigenvalue weighted by Gasteiger charge is 2.31. The predicted molar refractivity (Wildman–Crippen MR) is 72.2 cm³/mol. The minimum absolute atomic E-state index is 0.253. The van der Waals surface area contributed by atoms with Crippen molar-refractivity contribution < 1.29 is 27.4 Å². The Morgan fingerprint density at radius 3 is 2.38 bits per heavy atom. The molecule has 0 atom stereocenters. The van der Waals surface area contributed by atoms with Gasteiger partial charge in [-0.25, -0.2) is 4.79 Å². The number of nitrogens with two attached hydrogens (primary N) is 1. The number of halogens is 3. The molecule has 1 aromatic carbocycles. The summed E-state index contributed by atoms with van der Waals surface area (Å²) in [5, 5.41) is 0. The van der Waals surface area contributed by atoms with Crippen LogP contribution in [0.5, 0.6) is 5.75 Å². The lowest BCUT2D eigenvalue weighted by atomic mass is 10.2. The first-order chi connectivity index (χ1) is 9.80. The van der Waals surface area contributed by atoms with Crippen LogP contribution in [0.2, 0.25) is 0 Å². The summed E-state index contributed by atoms with van der Waals surface area (Å²) in [4.78, 5) is 12.4. The Bertz CT molecular complexity index is 650. The van der Waals surface area contributed by atoms with Crippen LogP contribution in [-0.4, -0.2) is 19.4 Å². The molecule has 2 rings (SSSR count). The van der Waals surface area contributed by atoms with E-state index in [1.807, 2.05) is 0 Å². The molecule has 0 aliphatic rings. The summed E-state index contributed by atoms with van der Waals surface area (Å²) in [5.41, 5.74) is 6.59. The first-order valence-electron chi connectivity index (χ1n) is 5.64. The Hall–Kier alpha value is -2.22. The van der Waals surface area contributed by atoms with Crippen molar-refractivity contribution in [3.8, 4) is 16.2 Å². The molecule has 4 nitrogen and oxygen atoms in total. The largest absolute Gasteiger partial charge is 0.573 e. The molecule has 2 N–H and O–H groups in total. The van der Waals surface area contributed by atoms with Crippen molar-refractivity contribution >= 4 is 23.0 Å². The highest BCUT2D eigenvalue weighted by atomic mass is 32.1. The van der Waals surface area contributed by atoms with Gasteiger partial charge in [0.15, 0.2) is 0 Å². The number of carbonyl (C=O) groups is 1. The van der Waals surface area contributed by atoms with Crippen molar-refractivity contribution in [3.63, 3.8) is 0 Å². The highest BCUT2D eigenvalue weighted by molar-refractivity contribution is 7.18. The van der Waals surface area contributed by atoms with Gasteiger partial charge in [0.05, 0.1) is 12.8 Å². The minimum Gasteiger partial charge on any atom is -0.465 e. The number of methoxy groups -OCH3 is 1. The van der Waals surface area contributed by atoms with Gasteiger partial charge in [-0.1, -0.05) is 0 Å². The van der Waals surface area contributed by atoms with Gasteiger partial charge < -0.3 is 15.2 Å². The first kappa shape index (κ1) is 15.2. The molecule has 8 heteroatoms. The van der Waals surface area contributed by atoms with Crippen LogP contribution in [0.3, 0.4) is 0 Å². The molecule has 0 fully saturated rings. The third-order valence-electron chi connectivity index (χ3n) is 2.50. The number of hydrogen-bond acceptors (Lipinski definition) is 5. The number of alkyl halides is 3. The second kappa shape index (κ2) is 5.65. The molecular formula is C13H10F3NO3S. The Kier molecular flexibility index (Phi) is 4.08. The van der Waals surface area contributed by atoms with Gasteiger partial charge in [-0.3, -0.25) is 0 Å². The maximum Gasteiger partial charge on any atom is 0.573 e. The lowest BCUT2D eigenvalue weighted by Crippen LogP contribution is -2.16. The molecule has 0 spiro atoms. The second-order valence-corrected chi connectivity index (χ2v) is 5.01. The number of esters is 1. The summed E-state index contributed by atoms with van der Waals surface area (Å²) in [6.07, 6.45) is -4.73. The molecule has 0 aliphatic carbocycles. The molecule has 1 aromatic heterocycles. The quantitative estimate of drug-likeness (QED) is 0.877. The van der Waals surface area contributed by atoms with Crippen LogP contribution in [0.4, 0.5) is 18.9 Å². The molecule has 0 saturated carbocycles. The van der Waals surface area contributed by atoms with Crippen molar-refractivity contribution in [1.82, 2.24) is 0 Å². The normalized spacial score (nSPS) is 11.2. The lowest BCUT2D eigenvalue weighted by molar-refractivity contribution is -0.274. The van der Waals surface area contributed by atoms with Gasteiger partial charge in [0.2, 0.25) is 0 Å². The van der Waals surface area contributed by atoms with Gasteiger partial charge >= 0.3 is 12.3 Å². The van der Waals surface area contributed by atoms with Crippen LogP contribution in [0, 0.1) is 0 Å². The van der Waals surface area contributed by atoms with Crippen LogP contribution in [-0.2, 0) is 4.74 Å². The number of benzene rings is 1. The topological polar surface area (TPSA) is 61.5 Å². The molecule has 0 bridgehead atoms. The highest BCUT2D eigenvalue weighted by Crippen LogP contribution is 2.34. The van der Waals surface area contributed by atoms with Crippen LogP contribution in [0.15, 0.2) is 30.3 Å². The van der Waals surface area contributed by atoms with E-state index < -0.39 is 12.3 Å². The monoisotopic (exact) mass is 317 g/mol. The van der Waals surface area contributed by atoms with E-state index in [-0.39, 0.29) is 16.3 Å².